The van der Waals surface area contributed by atoms with Crippen LogP contribution in [0.15, 0.2) is 30.3 Å². The first-order valence-electron chi connectivity index (χ1n) is 4.77. The SMILES string of the molecule is CC.c1ccc(N2CCC2)cc1. The normalized spacial score (nSPS) is 14.3. The zero-order chi connectivity index (χ0) is 8.81. The monoisotopic (exact) mass is 163 g/mol. The molecule has 2 rings (SSSR count). The van der Waals surface area contributed by atoms with E-state index in [4.69, 9.17) is 0 Å². The summed E-state index contributed by atoms with van der Waals surface area (Å²) in [5.74, 6) is 0. The van der Waals surface area contributed by atoms with Crippen molar-refractivity contribution in [2.75, 3.05) is 18.0 Å². The lowest BCUT2D eigenvalue weighted by molar-refractivity contribution is 0.618. The molecule has 0 saturated carbocycles. The fourth-order valence-electron chi connectivity index (χ4n) is 1.21. The van der Waals surface area contributed by atoms with Crippen LogP contribution in [0.4, 0.5) is 5.69 Å². The summed E-state index contributed by atoms with van der Waals surface area (Å²) >= 11 is 0. The molecule has 0 aromatic heterocycles. The summed E-state index contributed by atoms with van der Waals surface area (Å²) < 4.78 is 0. The minimum Gasteiger partial charge on any atom is -0.371 e. The summed E-state index contributed by atoms with van der Waals surface area (Å²) in [7, 11) is 0. The van der Waals surface area contributed by atoms with Crippen LogP contribution in [0.3, 0.4) is 0 Å². The molecule has 66 valence electrons. The fraction of sp³-hybridized carbons (Fsp3) is 0.455. The van der Waals surface area contributed by atoms with Crippen LogP contribution in [-0.2, 0) is 0 Å². The second-order valence-electron chi connectivity index (χ2n) is 2.68. The molecule has 0 amide bonds. The summed E-state index contributed by atoms with van der Waals surface area (Å²) in [6.07, 6.45) is 1.36. The van der Waals surface area contributed by atoms with E-state index in [1.165, 1.54) is 25.2 Å². The third-order valence-electron chi connectivity index (χ3n) is 1.98. The van der Waals surface area contributed by atoms with Crippen LogP contribution >= 0.6 is 0 Å². The van der Waals surface area contributed by atoms with Crippen LogP contribution in [0.2, 0.25) is 0 Å². The summed E-state index contributed by atoms with van der Waals surface area (Å²) in [4.78, 5) is 2.39. The van der Waals surface area contributed by atoms with E-state index in [2.05, 4.69) is 35.2 Å². The molecule has 0 bridgehead atoms. The minimum absolute atomic E-state index is 1.24. The second-order valence-corrected chi connectivity index (χ2v) is 2.68. The first-order valence-corrected chi connectivity index (χ1v) is 4.77. The van der Waals surface area contributed by atoms with Crippen molar-refractivity contribution in [2.45, 2.75) is 20.3 Å². The lowest BCUT2D eigenvalue weighted by Crippen LogP contribution is -2.36. The molecule has 1 aromatic carbocycles. The van der Waals surface area contributed by atoms with Crippen LogP contribution in [0.25, 0.3) is 0 Å². The highest BCUT2D eigenvalue weighted by molar-refractivity contribution is 5.47. The van der Waals surface area contributed by atoms with Crippen LogP contribution in [0.5, 0.6) is 0 Å². The third kappa shape index (κ3) is 2.00. The van der Waals surface area contributed by atoms with Crippen LogP contribution in [-0.4, -0.2) is 13.1 Å². The van der Waals surface area contributed by atoms with E-state index in [-0.39, 0.29) is 0 Å². The van der Waals surface area contributed by atoms with Crippen molar-refractivity contribution in [1.29, 1.82) is 0 Å². The first kappa shape index (κ1) is 9.11. The van der Waals surface area contributed by atoms with Gasteiger partial charge in [-0.25, -0.2) is 0 Å². The van der Waals surface area contributed by atoms with E-state index >= 15 is 0 Å². The number of para-hydroxylation sites is 1. The quantitative estimate of drug-likeness (QED) is 0.615. The molecular weight excluding hydrogens is 146 g/mol. The maximum Gasteiger partial charge on any atom is 0.0366 e. The molecule has 0 unspecified atom stereocenters. The zero-order valence-electron chi connectivity index (χ0n) is 7.96. The third-order valence-corrected chi connectivity index (χ3v) is 1.98. The lowest BCUT2D eigenvalue weighted by Gasteiger charge is -2.33. The van der Waals surface area contributed by atoms with Gasteiger partial charge in [0.25, 0.3) is 0 Å². The van der Waals surface area contributed by atoms with Gasteiger partial charge in [-0.1, -0.05) is 32.0 Å². The van der Waals surface area contributed by atoms with Crippen molar-refractivity contribution in [3.63, 3.8) is 0 Å². The number of nitrogens with zero attached hydrogens (tertiary/aromatic N) is 1. The van der Waals surface area contributed by atoms with Gasteiger partial charge in [-0.05, 0) is 18.6 Å². The largest absolute Gasteiger partial charge is 0.371 e. The van der Waals surface area contributed by atoms with Crippen molar-refractivity contribution in [2.24, 2.45) is 0 Å². The molecule has 0 atom stereocenters. The number of anilines is 1. The Kier molecular flexibility index (Phi) is 3.65. The van der Waals surface area contributed by atoms with Gasteiger partial charge in [0, 0.05) is 18.8 Å². The first-order chi connectivity index (χ1) is 5.97. The predicted octanol–water partition coefficient (Wildman–Crippen LogP) is 2.92. The second kappa shape index (κ2) is 4.81. The van der Waals surface area contributed by atoms with E-state index in [0.717, 1.165) is 0 Å². The molecule has 0 N–H and O–H groups in total. The molecule has 1 heterocycles. The van der Waals surface area contributed by atoms with Crippen LogP contribution in [0, 0.1) is 0 Å². The predicted molar refractivity (Wildman–Crippen MR) is 54.6 cm³/mol. The molecule has 12 heavy (non-hydrogen) atoms. The molecule has 1 heteroatoms. The Hall–Kier alpha value is -0.980. The zero-order valence-corrected chi connectivity index (χ0v) is 7.96. The Bertz CT molecular complexity index is 202. The molecule has 0 aliphatic carbocycles. The van der Waals surface area contributed by atoms with E-state index in [1.54, 1.807) is 0 Å². The van der Waals surface area contributed by atoms with Gasteiger partial charge in [-0.2, -0.15) is 0 Å². The van der Waals surface area contributed by atoms with Crippen molar-refractivity contribution < 1.29 is 0 Å². The van der Waals surface area contributed by atoms with Crippen molar-refractivity contribution in [1.82, 2.24) is 0 Å². The van der Waals surface area contributed by atoms with E-state index < -0.39 is 0 Å². The van der Waals surface area contributed by atoms with Crippen molar-refractivity contribution in [3.05, 3.63) is 30.3 Å². The molecule has 1 aliphatic rings. The Morgan fingerprint density at radius 3 is 2.00 bits per heavy atom. The number of benzene rings is 1. The molecule has 1 fully saturated rings. The van der Waals surface area contributed by atoms with E-state index in [9.17, 15) is 0 Å². The molecule has 0 radical (unpaired) electrons. The van der Waals surface area contributed by atoms with Gasteiger partial charge in [-0.15, -0.1) is 0 Å². The maximum atomic E-state index is 2.39. The van der Waals surface area contributed by atoms with Gasteiger partial charge < -0.3 is 4.90 Å². The Morgan fingerprint density at radius 2 is 1.58 bits per heavy atom. The summed E-state index contributed by atoms with van der Waals surface area (Å²) in [5.41, 5.74) is 1.37. The Balaban J connectivity index is 0.000000336. The van der Waals surface area contributed by atoms with E-state index in [1.807, 2.05) is 13.8 Å². The minimum atomic E-state index is 1.24. The highest BCUT2D eigenvalue weighted by atomic mass is 15.2. The smallest absolute Gasteiger partial charge is 0.0366 e. The van der Waals surface area contributed by atoms with Gasteiger partial charge in [0.15, 0.2) is 0 Å². The number of hydrogen-bond donors (Lipinski definition) is 0. The van der Waals surface area contributed by atoms with Gasteiger partial charge in [0.05, 0.1) is 0 Å². The maximum absolute atomic E-state index is 2.39. The topological polar surface area (TPSA) is 3.24 Å². The summed E-state index contributed by atoms with van der Waals surface area (Å²) in [5, 5.41) is 0. The van der Waals surface area contributed by atoms with Crippen molar-refractivity contribution in [3.8, 4) is 0 Å². The highest BCUT2D eigenvalue weighted by Gasteiger charge is 2.12. The van der Waals surface area contributed by atoms with Gasteiger partial charge in [0.2, 0.25) is 0 Å². The van der Waals surface area contributed by atoms with Crippen LogP contribution in [0.1, 0.15) is 20.3 Å². The lowest BCUT2D eigenvalue weighted by atomic mass is 10.2. The Labute approximate surface area is 75.0 Å². The molecule has 1 aliphatic heterocycles. The average molecular weight is 163 g/mol. The molecule has 1 saturated heterocycles. The molecule has 1 aromatic rings. The molecular formula is C11H17N. The number of rotatable bonds is 1. The highest BCUT2D eigenvalue weighted by Crippen LogP contribution is 2.18. The van der Waals surface area contributed by atoms with Crippen LogP contribution < -0.4 is 4.90 Å². The number of hydrogen-bond acceptors (Lipinski definition) is 1. The molecule has 1 nitrogen and oxygen atoms in total. The summed E-state index contributed by atoms with van der Waals surface area (Å²) in [6.45, 7) is 6.48. The molecule has 0 spiro atoms. The Morgan fingerprint density at radius 1 is 1.00 bits per heavy atom. The van der Waals surface area contributed by atoms with Crippen molar-refractivity contribution >= 4 is 5.69 Å². The average Bonchev–Trinajstić information content (AvgIpc) is 2.07. The summed E-state index contributed by atoms with van der Waals surface area (Å²) in [6, 6.07) is 10.6. The van der Waals surface area contributed by atoms with Gasteiger partial charge in [0.1, 0.15) is 0 Å². The van der Waals surface area contributed by atoms with Gasteiger partial charge in [-0.3, -0.25) is 0 Å². The van der Waals surface area contributed by atoms with E-state index in [0.29, 0.717) is 0 Å². The van der Waals surface area contributed by atoms with Gasteiger partial charge >= 0.3 is 0 Å². The standard InChI is InChI=1S/C9H11N.C2H6/c1-2-5-9(6-3-1)10-7-4-8-10;1-2/h1-3,5-6H,4,7-8H2;1-2H3. The fourth-order valence-corrected chi connectivity index (χ4v) is 1.21.